The van der Waals surface area contributed by atoms with Crippen molar-refractivity contribution in [3.8, 4) is 5.69 Å². The van der Waals surface area contributed by atoms with Crippen LogP contribution in [-0.2, 0) is 0 Å². The van der Waals surface area contributed by atoms with Crippen LogP contribution in [0.2, 0.25) is 0 Å². The van der Waals surface area contributed by atoms with Crippen LogP contribution >= 0.6 is 0 Å². The molecule has 16 heavy (non-hydrogen) atoms. The average Bonchev–Trinajstić information content (AvgIpc) is 2.69. The normalized spacial score (nSPS) is 10.8. The summed E-state index contributed by atoms with van der Waals surface area (Å²) in [4.78, 5) is 0. The third kappa shape index (κ3) is 1.33. The second-order valence-electron chi connectivity index (χ2n) is 4.03. The monoisotopic (exact) mass is 207 g/mol. The largest absolute Gasteiger partial charge is 0.316 e. The molecule has 1 heterocycles. The van der Waals surface area contributed by atoms with Crippen molar-refractivity contribution in [2.45, 2.75) is 6.92 Å². The fraction of sp³-hybridized carbons (Fsp3) is 0.0667. The summed E-state index contributed by atoms with van der Waals surface area (Å²) >= 11 is 0. The van der Waals surface area contributed by atoms with Gasteiger partial charge in [0.1, 0.15) is 0 Å². The van der Waals surface area contributed by atoms with Gasteiger partial charge in [0.2, 0.25) is 0 Å². The molecule has 0 atom stereocenters. The third-order valence-electron chi connectivity index (χ3n) is 2.95. The standard InChI is InChI=1S/C15H13N/c1-12-11-16(13-7-3-2-4-8-13)15-10-6-5-9-14(12)15/h2-11H,1H3. The summed E-state index contributed by atoms with van der Waals surface area (Å²) in [6.07, 6.45) is 2.19. The maximum Gasteiger partial charge on any atom is 0.0531 e. The summed E-state index contributed by atoms with van der Waals surface area (Å²) in [5.74, 6) is 0. The van der Waals surface area contributed by atoms with Crippen molar-refractivity contribution in [1.82, 2.24) is 4.57 Å². The van der Waals surface area contributed by atoms with E-state index in [4.69, 9.17) is 0 Å². The van der Waals surface area contributed by atoms with Gasteiger partial charge in [-0.3, -0.25) is 0 Å². The molecule has 2 aromatic carbocycles. The summed E-state index contributed by atoms with van der Waals surface area (Å²) in [5, 5.41) is 1.33. The lowest BCUT2D eigenvalue weighted by Gasteiger charge is -2.04. The Balaban J connectivity index is 2.33. The second-order valence-corrected chi connectivity index (χ2v) is 4.03. The molecule has 0 N–H and O–H groups in total. The topological polar surface area (TPSA) is 4.93 Å². The summed E-state index contributed by atoms with van der Waals surface area (Å²) in [6.45, 7) is 2.15. The van der Waals surface area contributed by atoms with Crippen LogP contribution in [0.15, 0.2) is 60.8 Å². The fourth-order valence-electron chi connectivity index (χ4n) is 2.15. The van der Waals surface area contributed by atoms with E-state index in [9.17, 15) is 0 Å². The van der Waals surface area contributed by atoms with Crippen molar-refractivity contribution in [2.24, 2.45) is 0 Å². The second kappa shape index (κ2) is 3.53. The number of hydrogen-bond donors (Lipinski definition) is 0. The number of nitrogens with zero attached hydrogens (tertiary/aromatic N) is 1. The average molecular weight is 207 g/mol. The molecule has 0 radical (unpaired) electrons. The van der Waals surface area contributed by atoms with E-state index in [1.807, 2.05) is 6.07 Å². The highest BCUT2D eigenvalue weighted by molar-refractivity contribution is 5.85. The maximum absolute atomic E-state index is 2.24. The van der Waals surface area contributed by atoms with E-state index >= 15 is 0 Å². The van der Waals surface area contributed by atoms with E-state index < -0.39 is 0 Å². The number of rotatable bonds is 1. The highest BCUT2D eigenvalue weighted by Crippen LogP contribution is 2.23. The zero-order valence-corrected chi connectivity index (χ0v) is 9.22. The van der Waals surface area contributed by atoms with Crippen LogP contribution in [0.1, 0.15) is 5.56 Å². The van der Waals surface area contributed by atoms with E-state index in [-0.39, 0.29) is 0 Å². The van der Waals surface area contributed by atoms with Gasteiger partial charge in [-0.2, -0.15) is 0 Å². The highest BCUT2D eigenvalue weighted by Gasteiger charge is 2.04. The van der Waals surface area contributed by atoms with E-state index in [0.717, 1.165) is 0 Å². The van der Waals surface area contributed by atoms with Crippen molar-refractivity contribution in [3.05, 3.63) is 66.4 Å². The minimum absolute atomic E-state index is 1.21. The number of aromatic nitrogens is 1. The molecule has 3 aromatic rings. The Bertz CT molecular complexity index is 620. The number of fused-ring (bicyclic) bond motifs is 1. The molecule has 1 aromatic heterocycles. The molecule has 0 aliphatic carbocycles. The Hall–Kier alpha value is -2.02. The summed E-state index contributed by atoms with van der Waals surface area (Å²) in [6, 6.07) is 18.9. The molecule has 3 rings (SSSR count). The Morgan fingerprint density at radius 1 is 0.812 bits per heavy atom. The van der Waals surface area contributed by atoms with Gasteiger partial charge in [0.15, 0.2) is 0 Å². The summed E-state index contributed by atoms with van der Waals surface area (Å²) in [5.41, 5.74) is 3.80. The summed E-state index contributed by atoms with van der Waals surface area (Å²) < 4.78 is 2.24. The van der Waals surface area contributed by atoms with Gasteiger partial charge < -0.3 is 4.57 Å². The van der Waals surface area contributed by atoms with Gasteiger partial charge in [-0.15, -0.1) is 0 Å². The van der Waals surface area contributed by atoms with E-state index in [1.165, 1.54) is 22.2 Å². The van der Waals surface area contributed by atoms with Gasteiger partial charge in [0, 0.05) is 17.3 Å². The van der Waals surface area contributed by atoms with Gasteiger partial charge in [0.25, 0.3) is 0 Å². The van der Waals surface area contributed by atoms with Crippen molar-refractivity contribution in [2.75, 3.05) is 0 Å². The van der Waals surface area contributed by atoms with E-state index in [0.29, 0.717) is 0 Å². The van der Waals surface area contributed by atoms with Gasteiger partial charge in [-0.25, -0.2) is 0 Å². The van der Waals surface area contributed by atoms with Crippen LogP contribution in [0.4, 0.5) is 0 Å². The van der Waals surface area contributed by atoms with Gasteiger partial charge in [0.05, 0.1) is 5.52 Å². The molecule has 0 fully saturated rings. The lowest BCUT2D eigenvalue weighted by molar-refractivity contribution is 1.12. The smallest absolute Gasteiger partial charge is 0.0531 e. The highest BCUT2D eigenvalue weighted by atomic mass is 15.0. The molecule has 0 saturated carbocycles. The van der Waals surface area contributed by atoms with Crippen LogP contribution < -0.4 is 0 Å². The molecule has 0 bridgehead atoms. The molecule has 0 unspecified atom stereocenters. The van der Waals surface area contributed by atoms with Gasteiger partial charge >= 0.3 is 0 Å². The number of aryl methyl sites for hydroxylation is 1. The first-order valence-electron chi connectivity index (χ1n) is 5.48. The molecule has 1 heteroatoms. The van der Waals surface area contributed by atoms with Crippen LogP contribution in [-0.4, -0.2) is 4.57 Å². The van der Waals surface area contributed by atoms with Crippen molar-refractivity contribution < 1.29 is 0 Å². The molecule has 0 aliphatic rings. The minimum atomic E-state index is 1.21. The number of para-hydroxylation sites is 2. The van der Waals surface area contributed by atoms with Crippen LogP contribution in [0.5, 0.6) is 0 Å². The molecule has 0 spiro atoms. The van der Waals surface area contributed by atoms with Crippen molar-refractivity contribution in [1.29, 1.82) is 0 Å². The molecule has 78 valence electrons. The van der Waals surface area contributed by atoms with Crippen LogP contribution in [0, 0.1) is 6.92 Å². The zero-order chi connectivity index (χ0) is 11.0. The van der Waals surface area contributed by atoms with Gasteiger partial charge in [-0.05, 0) is 30.7 Å². The number of hydrogen-bond acceptors (Lipinski definition) is 0. The molecule has 1 nitrogen and oxygen atoms in total. The maximum atomic E-state index is 2.24. The molecule has 0 saturated heterocycles. The zero-order valence-electron chi connectivity index (χ0n) is 9.22. The first-order valence-corrected chi connectivity index (χ1v) is 5.48. The molecular weight excluding hydrogens is 194 g/mol. The van der Waals surface area contributed by atoms with E-state index in [2.05, 4.69) is 66.2 Å². The Labute approximate surface area is 95.0 Å². The lowest BCUT2D eigenvalue weighted by atomic mass is 10.2. The van der Waals surface area contributed by atoms with E-state index in [1.54, 1.807) is 0 Å². The molecular formula is C15H13N. The molecule has 0 amide bonds. The minimum Gasteiger partial charge on any atom is -0.316 e. The number of benzene rings is 2. The quantitative estimate of drug-likeness (QED) is 0.569. The SMILES string of the molecule is Cc1cn(-c2ccccc2)c2ccccc12. The predicted molar refractivity (Wildman–Crippen MR) is 68.0 cm³/mol. The molecule has 0 aliphatic heterocycles. The Morgan fingerprint density at radius 3 is 2.31 bits per heavy atom. The third-order valence-corrected chi connectivity index (χ3v) is 2.95. The Kier molecular flexibility index (Phi) is 2.03. The van der Waals surface area contributed by atoms with Crippen LogP contribution in [0.25, 0.3) is 16.6 Å². The first kappa shape index (κ1) is 9.22. The van der Waals surface area contributed by atoms with Crippen molar-refractivity contribution in [3.63, 3.8) is 0 Å². The first-order chi connectivity index (χ1) is 7.86. The fourth-order valence-corrected chi connectivity index (χ4v) is 2.15. The Morgan fingerprint density at radius 2 is 1.50 bits per heavy atom. The predicted octanol–water partition coefficient (Wildman–Crippen LogP) is 3.94. The summed E-state index contributed by atoms with van der Waals surface area (Å²) in [7, 11) is 0. The van der Waals surface area contributed by atoms with Gasteiger partial charge in [-0.1, -0.05) is 36.4 Å². The van der Waals surface area contributed by atoms with Crippen molar-refractivity contribution >= 4 is 10.9 Å². The lowest BCUT2D eigenvalue weighted by Crippen LogP contribution is -1.90. The van der Waals surface area contributed by atoms with Crippen LogP contribution in [0.3, 0.4) is 0 Å².